The van der Waals surface area contributed by atoms with Crippen molar-refractivity contribution in [3.63, 3.8) is 0 Å². The van der Waals surface area contributed by atoms with E-state index >= 15 is 0 Å². The molecule has 164 valence electrons. The minimum absolute atomic E-state index is 0.108. The highest BCUT2D eigenvalue weighted by Crippen LogP contribution is 2.15. The van der Waals surface area contributed by atoms with Crippen LogP contribution in [0.1, 0.15) is 117 Å². The highest BCUT2D eigenvalue weighted by molar-refractivity contribution is 4.55. The van der Waals surface area contributed by atoms with Crippen molar-refractivity contribution in [2.75, 3.05) is 33.3 Å². The summed E-state index contributed by atoms with van der Waals surface area (Å²) in [6.07, 6.45) is 21.0. The lowest BCUT2D eigenvalue weighted by Crippen LogP contribution is -2.50. The number of aliphatic hydroxyl groups excluding tert-OH is 2. The van der Waals surface area contributed by atoms with Crippen LogP contribution in [0, 0.1) is 0 Å². The molecule has 27 heavy (non-hydrogen) atoms. The third kappa shape index (κ3) is 17.7. The molecule has 0 amide bonds. The predicted octanol–water partition coefficient (Wildman–Crippen LogP) is 6.07. The van der Waals surface area contributed by atoms with Gasteiger partial charge in [-0.25, -0.2) is 0 Å². The molecular formula is C24H52NO2+. The highest BCUT2D eigenvalue weighted by Gasteiger charge is 2.24. The highest BCUT2D eigenvalue weighted by atomic mass is 16.3. The number of quaternary nitrogens is 1. The fourth-order valence-electron chi connectivity index (χ4n) is 4.12. The second-order valence-electron chi connectivity index (χ2n) is 9.04. The van der Waals surface area contributed by atoms with Crippen LogP contribution >= 0.6 is 0 Å². The molecular weight excluding hydrogens is 334 g/mol. The minimum atomic E-state index is -0.571. The minimum Gasteiger partial charge on any atom is -0.393 e. The quantitative estimate of drug-likeness (QED) is 0.186. The fourth-order valence-corrected chi connectivity index (χ4v) is 4.12. The molecule has 0 aromatic heterocycles. The van der Waals surface area contributed by atoms with Crippen molar-refractivity contribution in [1.82, 2.24) is 0 Å². The second-order valence-corrected chi connectivity index (χ2v) is 9.04. The summed E-state index contributed by atoms with van der Waals surface area (Å²) >= 11 is 0. The van der Waals surface area contributed by atoms with E-state index in [0.717, 1.165) is 17.6 Å². The van der Waals surface area contributed by atoms with Gasteiger partial charge in [-0.05, 0) is 25.7 Å². The summed E-state index contributed by atoms with van der Waals surface area (Å²) < 4.78 is 0.924. The molecule has 1 atom stereocenters. The Morgan fingerprint density at radius 1 is 0.593 bits per heavy atom. The van der Waals surface area contributed by atoms with Gasteiger partial charge in [-0.1, -0.05) is 90.9 Å². The second kappa shape index (κ2) is 19.2. The Hall–Kier alpha value is -0.120. The van der Waals surface area contributed by atoms with Gasteiger partial charge in [0.05, 0.1) is 26.7 Å². The van der Waals surface area contributed by atoms with Gasteiger partial charge < -0.3 is 14.7 Å². The number of nitrogens with zero attached hydrogens (tertiary/aromatic N) is 1. The molecule has 2 N–H and O–H groups in total. The molecule has 0 saturated carbocycles. The molecule has 3 heteroatoms. The molecule has 0 spiro atoms. The van der Waals surface area contributed by atoms with Crippen molar-refractivity contribution >= 4 is 0 Å². The average Bonchev–Trinajstić information content (AvgIpc) is 2.66. The first-order chi connectivity index (χ1) is 13.1. The van der Waals surface area contributed by atoms with Crippen molar-refractivity contribution < 1.29 is 14.7 Å². The number of rotatable bonds is 21. The van der Waals surface area contributed by atoms with Crippen LogP contribution in [-0.2, 0) is 0 Å². The number of likely N-dealkylation sites (N-methyl/N-ethyl adjacent to an activating group) is 1. The number of aliphatic hydroxyl groups is 2. The van der Waals surface area contributed by atoms with Crippen LogP contribution in [0.2, 0.25) is 0 Å². The number of hydrogen-bond donors (Lipinski definition) is 2. The Kier molecular flexibility index (Phi) is 19.1. The first kappa shape index (κ1) is 26.9. The summed E-state index contributed by atoms with van der Waals surface area (Å²) in [5.74, 6) is 0. The van der Waals surface area contributed by atoms with Crippen LogP contribution in [0.4, 0.5) is 0 Å². The van der Waals surface area contributed by atoms with Crippen molar-refractivity contribution in [3.8, 4) is 0 Å². The van der Waals surface area contributed by atoms with Gasteiger partial charge in [-0.3, -0.25) is 0 Å². The third-order valence-electron chi connectivity index (χ3n) is 5.97. The molecule has 0 aliphatic rings. The lowest BCUT2D eigenvalue weighted by atomic mass is 10.1. The Morgan fingerprint density at radius 2 is 0.926 bits per heavy atom. The fraction of sp³-hybridized carbons (Fsp3) is 1.00. The Balaban J connectivity index is 3.94. The number of unbranched alkanes of at least 4 members (excludes halogenated alkanes) is 14. The van der Waals surface area contributed by atoms with E-state index in [1.807, 2.05) is 0 Å². The normalized spacial score (nSPS) is 13.2. The van der Waals surface area contributed by atoms with E-state index in [4.69, 9.17) is 0 Å². The van der Waals surface area contributed by atoms with E-state index in [1.165, 1.54) is 103 Å². The third-order valence-corrected chi connectivity index (χ3v) is 5.97. The molecule has 0 saturated heterocycles. The maximum Gasteiger partial charge on any atom is 0.126 e. The van der Waals surface area contributed by atoms with Crippen LogP contribution in [0.5, 0.6) is 0 Å². The summed E-state index contributed by atoms with van der Waals surface area (Å²) in [5, 5.41) is 19.2. The van der Waals surface area contributed by atoms with E-state index in [2.05, 4.69) is 20.9 Å². The predicted molar refractivity (Wildman–Crippen MR) is 119 cm³/mol. The first-order valence-electron chi connectivity index (χ1n) is 12.2. The summed E-state index contributed by atoms with van der Waals surface area (Å²) in [4.78, 5) is 0. The van der Waals surface area contributed by atoms with Gasteiger partial charge in [0, 0.05) is 0 Å². The Labute approximate surface area is 171 Å². The zero-order valence-electron chi connectivity index (χ0n) is 19.1. The van der Waals surface area contributed by atoms with E-state index < -0.39 is 6.10 Å². The largest absolute Gasteiger partial charge is 0.393 e. The van der Waals surface area contributed by atoms with Crippen molar-refractivity contribution in [1.29, 1.82) is 0 Å². The monoisotopic (exact) mass is 386 g/mol. The van der Waals surface area contributed by atoms with Gasteiger partial charge in [0.2, 0.25) is 0 Å². The SMILES string of the molecule is CCCCCCCCCC[N+](C)(CCCCCCCCCC)CC(O)CO. The summed E-state index contributed by atoms with van der Waals surface area (Å²) in [6, 6.07) is 0. The molecule has 0 bridgehead atoms. The van der Waals surface area contributed by atoms with Gasteiger partial charge >= 0.3 is 0 Å². The summed E-state index contributed by atoms with van der Waals surface area (Å²) in [6.45, 7) is 7.41. The molecule has 0 rings (SSSR count). The summed E-state index contributed by atoms with van der Waals surface area (Å²) in [5.41, 5.74) is 0. The van der Waals surface area contributed by atoms with E-state index in [9.17, 15) is 10.2 Å². The van der Waals surface area contributed by atoms with Gasteiger partial charge in [0.25, 0.3) is 0 Å². The molecule has 0 heterocycles. The first-order valence-corrected chi connectivity index (χ1v) is 12.2. The topological polar surface area (TPSA) is 40.5 Å². The molecule has 0 aromatic rings. The van der Waals surface area contributed by atoms with Gasteiger partial charge in [0.15, 0.2) is 0 Å². The standard InChI is InChI=1S/C24H52NO2/c1-4-6-8-10-12-14-16-18-20-25(3,22-24(27)23-26)21-19-17-15-13-11-9-7-5-2/h24,26-27H,4-23H2,1-3H3/q+1. The van der Waals surface area contributed by atoms with Crippen LogP contribution in [0.15, 0.2) is 0 Å². The Bertz CT molecular complexity index is 276. The molecule has 1 unspecified atom stereocenters. The maximum atomic E-state index is 9.97. The van der Waals surface area contributed by atoms with E-state index in [1.54, 1.807) is 0 Å². The van der Waals surface area contributed by atoms with Gasteiger partial charge in [-0.15, -0.1) is 0 Å². The van der Waals surface area contributed by atoms with Crippen LogP contribution in [-0.4, -0.2) is 54.1 Å². The molecule has 0 aliphatic heterocycles. The zero-order valence-corrected chi connectivity index (χ0v) is 19.1. The van der Waals surface area contributed by atoms with Gasteiger partial charge in [0.1, 0.15) is 12.6 Å². The van der Waals surface area contributed by atoms with E-state index in [-0.39, 0.29) is 6.61 Å². The van der Waals surface area contributed by atoms with E-state index in [0.29, 0.717) is 6.54 Å². The van der Waals surface area contributed by atoms with Gasteiger partial charge in [-0.2, -0.15) is 0 Å². The van der Waals surface area contributed by atoms with Crippen molar-refractivity contribution in [2.24, 2.45) is 0 Å². The molecule has 0 radical (unpaired) electrons. The van der Waals surface area contributed by atoms with Crippen LogP contribution < -0.4 is 0 Å². The Morgan fingerprint density at radius 3 is 1.26 bits per heavy atom. The van der Waals surface area contributed by atoms with Crippen LogP contribution in [0.25, 0.3) is 0 Å². The molecule has 0 aromatic carbocycles. The lowest BCUT2D eigenvalue weighted by Gasteiger charge is -2.36. The number of hydrogen-bond acceptors (Lipinski definition) is 2. The van der Waals surface area contributed by atoms with Crippen molar-refractivity contribution in [2.45, 2.75) is 123 Å². The average molecular weight is 387 g/mol. The van der Waals surface area contributed by atoms with Crippen molar-refractivity contribution in [3.05, 3.63) is 0 Å². The maximum absolute atomic E-state index is 9.97. The molecule has 3 nitrogen and oxygen atoms in total. The molecule has 0 aliphatic carbocycles. The smallest absolute Gasteiger partial charge is 0.126 e. The zero-order chi connectivity index (χ0) is 20.2. The summed E-state index contributed by atoms with van der Waals surface area (Å²) in [7, 11) is 2.28. The lowest BCUT2D eigenvalue weighted by molar-refractivity contribution is -0.913. The van der Waals surface area contributed by atoms with Crippen LogP contribution in [0.3, 0.4) is 0 Å². The molecule has 0 fully saturated rings.